The van der Waals surface area contributed by atoms with Crippen LogP contribution < -0.4 is 5.32 Å². The van der Waals surface area contributed by atoms with Gasteiger partial charge in [0, 0.05) is 18.7 Å². The second-order valence-electron chi connectivity index (χ2n) is 5.19. The Kier molecular flexibility index (Phi) is 2.49. The number of nitrogens with one attached hydrogen (secondary N) is 2. The first-order valence-corrected chi connectivity index (χ1v) is 6.78. The van der Waals surface area contributed by atoms with Crippen molar-refractivity contribution in [3.05, 3.63) is 59.2 Å². The Morgan fingerprint density at radius 3 is 2.85 bits per heavy atom. The summed E-state index contributed by atoms with van der Waals surface area (Å²) >= 11 is 0. The molecule has 4 rings (SSSR count). The van der Waals surface area contributed by atoms with Gasteiger partial charge in [0.2, 0.25) is 0 Å². The summed E-state index contributed by atoms with van der Waals surface area (Å²) in [7, 11) is 0. The van der Waals surface area contributed by atoms with Crippen molar-refractivity contribution in [2.45, 2.75) is 12.8 Å². The standard InChI is InChI=1S/C16H14FN3/c17-12-3-1-10(2-4-12)7-16-19-14-8-11-5-6-18-13(11)9-15(14)20-16/h1-4,8-9,18H,5-7H2,(H,19,20). The Labute approximate surface area is 115 Å². The zero-order valence-electron chi connectivity index (χ0n) is 10.9. The number of hydrogen-bond acceptors (Lipinski definition) is 2. The van der Waals surface area contributed by atoms with Crippen LogP contribution in [-0.2, 0) is 12.8 Å². The Morgan fingerprint density at radius 1 is 1.15 bits per heavy atom. The van der Waals surface area contributed by atoms with E-state index in [2.05, 4.69) is 27.4 Å². The molecule has 0 unspecified atom stereocenters. The number of hydrogen-bond donors (Lipinski definition) is 2. The number of fused-ring (bicyclic) bond motifs is 2. The predicted octanol–water partition coefficient (Wildman–Crippen LogP) is 3.26. The Hall–Kier alpha value is -2.36. The highest BCUT2D eigenvalue weighted by Crippen LogP contribution is 2.27. The van der Waals surface area contributed by atoms with Crippen LogP contribution in [0.25, 0.3) is 11.0 Å². The van der Waals surface area contributed by atoms with Gasteiger partial charge < -0.3 is 10.3 Å². The molecule has 0 saturated carbocycles. The molecule has 2 aromatic carbocycles. The molecule has 0 fully saturated rings. The van der Waals surface area contributed by atoms with Crippen molar-refractivity contribution in [2.75, 3.05) is 11.9 Å². The van der Waals surface area contributed by atoms with Gasteiger partial charge in [-0.2, -0.15) is 0 Å². The molecule has 0 bridgehead atoms. The third kappa shape index (κ3) is 1.93. The van der Waals surface area contributed by atoms with Gasteiger partial charge in [-0.25, -0.2) is 9.37 Å². The topological polar surface area (TPSA) is 40.7 Å². The summed E-state index contributed by atoms with van der Waals surface area (Å²) < 4.78 is 12.9. The van der Waals surface area contributed by atoms with Crippen molar-refractivity contribution < 1.29 is 4.39 Å². The quantitative estimate of drug-likeness (QED) is 0.748. The molecule has 1 aliphatic heterocycles. The van der Waals surface area contributed by atoms with E-state index < -0.39 is 0 Å². The molecule has 1 aromatic heterocycles. The fraction of sp³-hybridized carbons (Fsp3) is 0.188. The van der Waals surface area contributed by atoms with Gasteiger partial charge in [0.25, 0.3) is 0 Å². The third-order valence-electron chi connectivity index (χ3n) is 3.75. The molecule has 3 nitrogen and oxygen atoms in total. The van der Waals surface area contributed by atoms with E-state index in [0.29, 0.717) is 6.42 Å². The van der Waals surface area contributed by atoms with E-state index in [1.807, 2.05) is 0 Å². The first kappa shape index (κ1) is 11.5. The second kappa shape index (κ2) is 4.34. The molecule has 0 atom stereocenters. The fourth-order valence-electron chi connectivity index (χ4n) is 2.74. The number of rotatable bonds is 2. The molecule has 100 valence electrons. The lowest BCUT2D eigenvalue weighted by Crippen LogP contribution is -1.91. The highest BCUT2D eigenvalue weighted by Gasteiger charge is 2.13. The van der Waals surface area contributed by atoms with Crippen LogP contribution in [0.15, 0.2) is 36.4 Å². The van der Waals surface area contributed by atoms with Crippen LogP contribution in [0, 0.1) is 5.82 Å². The largest absolute Gasteiger partial charge is 0.384 e. The zero-order valence-corrected chi connectivity index (χ0v) is 10.9. The van der Waals surface area contributed by atoms with E-state index in [1.54, 1.807) is 12.1 Å². The summed E-state index contributed by atoms with van der Waals surface area (Å²) in [6, 6.07) is 10.8. The molecular formula is C16H14FN3. The van der Waals surface area contributed by atoms with Gasteiger partial charge in [0.1, 0.15) is 11.6 Å². The maximum absolute atomic E-state index is 12.9. The second-order valence-corrected chi connectivity index (χ2v) is 5.19. The van der Waals surface area contributed by atoms with Gasteiger partial charge in [-0.15, -0.1) is 0 Å². The normalized spacial score (nSPS) is 13.4. The number of aromatic amines is 1. The van der Waals surface area contributed by atoms with Crippen LogP contribution in [0.2, 0.25) is 0 Å². The molecule has 0 spiro atoms. The summed E-state index contributed by atoms with van der Waals surface area (Å²) in [4.78, 5) is 7.97. The van der Waals surface area contributed by atoms with Gasteiger partial charge in [-0.1, -0.05) is 12.1 Å². The molecule has 2 heterocycles. The van der Waals surface area contributed by atoms with Crippen molar-refractivity contribution in [3.63, 3.8) is 0 Å². The van der Waals surface area contributed by atoms with E-state index in [9.17, 15) is 4.39 Å². The molecule has 20 heavy (non-hydrogen) atoms. The van der Waals surface area contributed by atoms with E-state index in [4.69, 9.17) is 0 Å². The van der Waals surface area contributed by atoms with E-state index in [0.717, 1.165) is 35.4 Å². The van der Waals surface area contributed by atoms with Crippen LogP contribution in [0.3, 0.4) is 0 Å². The highest BCUT2D eigenvalue weighted by molar-refractivity contribution is 5.82. The summed E-state index contributed by atoms with van der Waals surface area (Å²) in [5, 5.41) is 3.36. The summed E-state index contributed by atoms with van der Waals surface area (Å²) in [6.07, 6.45) is 1.75. The summed E-state index contributed by atoms with van der Waals surface area (Å²) in [5.74, 6) is 0.705. The predicted molar refractivity (Wildman–Crippen MR) is 77.5 cm³/mol. The number of halogens is 1. The minimum atomic E-state index is -0.208. The first-order valence-electron chi connectivity index (χ1n) is 6.78. The van der Waals surface area contributed by atoms with Gasteiger partial charge in [0.15, 0.2) is 0 Å². The SMILES string of the molecule is Fc1ccc(Cc2nc3cc4c(cc3[nH]2)CCN4)cc1. The zero-order chi connectivity index (χ0) is 13.5. The Balaban J connectivity index is 1.69. The lowest BCUT2D eigenvalue weighted by atomic mass is 10.1. The minimum absolute atomic E-state index is 0.208. The lowest BCUT2D eigenvalue weighted by molar-refractivity contribution is 0.627. The molecule has 1 aliphatic rings. The van der Waals surface area contributed by atoms with E-state index in [-0.39, 0.29) is 5.82 Å². The molecule has 4 heteroatoms. The molecule has 0 saturated heterocycles. The number of H-pyrrole nitrogens is 1. The van der Waals surface area contributed by atoms with Crippen LogP contribution in [0.1, 0.15) is 17.0 Å². The van der Waals surface area contributed by atoms with Gasteiger partial charge in [-0.3, -0.25) is 0 Å². The monoisotopic (exact) mass is 267 g/mol. The van der Waals surface area contributed by atoms with Crippen molar-refractivity contribution in [1.82, 2.24) is 9.97 Å². The Morgan fingerprint density at radius 2 is 2.00 bits per heavy atom. The maximum Gasteiger partial charge on any atom is 0.123 e. The molecule has 0 amide bonds. The number of benzene rings is 2. The van der Waals surface area contributed by atoms with Crippen molar-refractivity contribution in [2.24, 2.45) is 0 Å². The van der Waals surface area contributed by atoms with Crippen molar-refractivity contribution in [1.29, 1.82) is 0 Å². The number of anilines is 1. The van der Waals surface area contributed by atoms with Crippen LogP contribution in [-0.4, -0.2) is 16.5 Å². The fourth-order valence-corrected chi connectivity index (χ4v) is 2.74. The van der Waals surface area contributed by atoms with Gasteiger partial charge in [0.05, 0.1) is 11.0 Å². The van der Waals surface area contributed by atoms with Crippen molar-refractivity contribution >= 4 is 16.7 Å². The van der Waals surface area contributed by atoms with Gasteiger partial charge >= 0.3 is 0 Å². The highest BCUT2D eigenvalue weighted by atomic mass is 19.1. The van der Waals surface area contributed by atoms with Crippen LogP contribution in [0.4, 0.5) is 10.1 Å². The average molecular weight is 267 g/mol. The van der Waals surface area contributed by atoms with Gasteiger partial charge in [-0.05, 0) is 41.8 Å². The van der Waals surface area contributed by atoms with E-state index >= 15 is 0 Å². The smallest absolute Gasteiger partial charge is 0.123 e. The molecular weight excluding hydrogens is 253 g/mol. The number of aromatic nitrogens is 2. The molecule has 0 aliphatic carbocycles. The summed E-state index contributed by atoms with van der Waals surface area (Å²) in [5.41, 5.74) is 5.64. The molecule has 0 radical (unpaired) electrons. The van der Waals surface area contributed by atoms with Crippen LogP contribution in [0.5, 0.6) is 0 Å². The number of imidazole rings is 1. The Bertz CT molecular complexity index is 733. The minimum Gasteiger partial charge on any atom is -0.384 e. The van der Waals surface area contributed by atoms with E-state index in [1.165, 1.54) is 23.4 Å². The maximum atomic E-state index is 12.9. The average Bonchev–Trinajstić information content (AvgIpc) is 3.03. The number of nitrogens with zero attached hydrogens (tertiary/aromatic N) is 1. The summed E-state index contributed by atoms with van der Waals surface area (Å²) in [6.45, 7) is 1.00. The molecule has 3 aromatic rings. The first-order chi connectivity index (χ1) is 9.78. The third-order valence-corrected chi connectivity index (χ3v) is 3.75. The van der Waals surface area contributed by atoms with Crippen molar-refractivity contribution in [3.8, 4) is 0 Å². The lowest BCUT2D eigenvalue weighted by Gasteiger charge is -1.97. The molecule has 2 N–H and O–H groups in total. The van der Waals surface area contributed by atoms with Crippen LogP contribution >= 0.6 is 0 Å².